The second kappa shape index (κ2) is 10.5. The molecule has 0 amide bonds. The molecule has 0 spiro atoms. The Balaban J connectivity index is 1.37. The number of rotatable bonds is 6. The van der Waals surface area contributed by atoms with Gasteiger partial charge in [0.25, 0.3) is 0 Å². The molecule has 3 rings (SSSR count). The first kappa shape index (κ1) is 20.6. The van der Waals surface area contributed by atoms with Crippen molar-refractivity contribution in [2.45, 2.75) is 38.6 Å². The lowest BCUT2D eigenvalue weighted by Crippen LogP contribution is -2.49. The minimum atomic E-state index is 0.456. The molecule has 0 atom stereocenters. The minimum Gasteiger partial charge on any atom is -0.356 e. The summed E-state index contributed by atoms with van der Waals surface area (Å²) in [5.74, 6) is 1.99. The number of anilines is 1. The smallest absolute Gasteiger partial charge is 0.191 e. The van der Waals surface area contributed by atoms with E-state index in [1.54, 1.807) is 0 Å². The molecule has 6 heteroatoms. The van der Waals surface area contributed by atoms with E-state index in [1.165, 1.54) is 11.1 Å². The van der Waals surface area contributed by atoms with Crippen LogP contribution < -0.4 is 15.5 Å². The van der Waals surface area contributed by atoms with Crippen molar-refractivity contribution in [1.82, 2.24) is 15.6 Å². The molecule has 0 radical (unpaired) electrons. The lowest BCUT2D eigenvalue weighted by atomic mass is 10.1. The molecule has 5 nitrogen and oxygen atoms in total. The maximum Gasteiger partial charge on any atom is 0.191 e. The summed E-state index contributed by atoms with van der Waals surface area (Å²) in [6.07, 6.45) is 6.27. The molecule has 2 aromatic rings. The third-order valence-electron chi connectivity index (χ3n) is 5.10. The van der Waals surface area contributed by atoms with Crippen LogP contribution in [0.1, 0.15) is 30.4 Å². The van der Waals surface area contributed by atoms with Gasteiger partial charge in [0, 0.05) is 43.4 Å². The van der Waals surface area contributed by atoms with Crippen LogP contribution in [0.5, 0.6) is 0 Å². The summed E-state index contributed by atoms with van der Waals surface area (Å²) in [7, 11) is 1.84. The van der Waals surface area contributed by atoms with Crippen LogP contribution in [-0.2, 0) is 6.42 Å². The van der Waals surface area contributed by atoms with Gasteiger partial charge in [-0.05, 0) is 61.9 Å². The standard InChI is InChI=1S/C22H30BrN5/c1-17-8-9-21(26-16-17)28-13-10-20(11-14-28)27-22(24-2)25-12-4-6-18-5-3-7-19(23)15-18/h3,5,7-9,15-16,20H,4,6,10-14H2,1-2H3,(H2,24,25,27). The van der Waals surface area contributed by atoms with E-state index in [-0.39, 0.29) is 0 Å². The second-order valence-electron chi connectivity index (χ2n) is 7.33. The number of hydrogen-bond donors (Lipinski definition) is 2. The predicted octanol–water partition coefficient (Wildman–Crippen LogP) is 3.92. The molecule has 0 aliphatic carbocycles. The van der Waals surface area contributed by atoms with Crippen LogP contribution >= 0.6 is 15.9 Å². The van der Waals surface area contributed by atoms with Crippen LogP contribution in [0.25, 0.3) is 0 Å². The molecule has 1 aromatic heterocycles. The maximum atomic E-state index is 4.55. The molecule has 28 heavy (non-hydrogen) atoms. The van der Waals surface area contributed by atoms with Crippen LogP contribution in [0, 0.1) is 6.92 Å². The van der Waals surface area contributed by atoms with Gasteiger partial charge < -0.3 is 15.5 Å². The number of piperidine rings is 1. The number of halogens is 1. The predicted molar refractivity (Wildman–Crippen MR) is 121 cm³/mol. The first-order chi connectivity index (χ1) is 13.6. The number of hydrogen-bond acceptors (Lipinski definition) is 3. The molecule has 0 unspecified atom stereocenters. The lowest BCUT2D eigenvalue weighted by molar-refractivity contribution is 0.459. The normalized spacial score (nSPS) is 15.5. The van der Waals surface area contributed by atoms with Gasteiger partial charge in [-0.3, -0.25) is 4.99 Å². The minimum absolute atomic E-state index is 0.456. The molecule has 1 aromatic carbocycles. The van der Waals surface area contributed by atoms with E-state index in [0.29, 0.717) is 6.04 Å². The monoisotopic (exact) mass is 443 g/mol. The molecule has 1 fully saturated rings. The van der Waals surface area contributed by atoms with Crippen LogP contribution in [0.4, 0.5) is 5.82 Å². The van der Waals surface area contributed by atoms with Gasteiger partial charge in [-0.2, -0.15) is 0 Å². The Morgan fingerprint density at radius 3 is 2.75 bits per heavy atom. The molecule has 1 saturated heterocycles. The highest BCUT2D eigenvalue weighted by Crippen LogP contribution is 2.18. The van der Waals surface area contributed by atoms with E-state index in [0.717, 1.165) is 61.6 Å². The number of aromatic nitrogens is 1. The quantitative estimate of drug-likeness (QED) is 0.403. The Labute approximate surface area is 176 Å². The van der Waals surface area contributed by atoms with Crippen molar-refractivity contribution in [3.63, 3.8) is 0 Å². The van der Waals surface area contributed by atoms with Gasteiger partial charge >= 0.3 is 0 Å². The van der Waals surface area contributed by atoms with E-state index in [1.807, 2.05) is 13.2 Å². The number of aliphatic imine (C=N–C) groups is 1. The Bertz CT molecular complexity index is 767. The maximum absolute atomic E-state index is 4.55. The van der Waals surface area contributed by atoms with Crippen LogP contribution in [0.15, 0.2) is 52.1 Å². The van der Waals surface area contributed by atoms with Crippen molar-refractivity contribution in [1.29, 1.82) is 0 Å². The van der Waals surface area contributed by atoms with Crippen molar-refractivity contribution < 1.29 is 0 Å². The fraction of sp³-hybridized carbons (Fsp3) is 0.455. The number of aryl methyl sites for hydroxylation is 2. The summed E-state index contributed by atoms with van der Waals surface area (Å²) >= 11 is 3.53. The van der Waals surface area contributed by atoms with E-state index in [2.05, 4.69) is 84.8 Å². The lowest BCUT2D eigenvalue weighted by Gasteiger charge is -2.33. The third-order valence-corrected chi connectivity index (χ3v) is 5.60. The fourth-order valence-corrected chi connectivity index (χ4v) is 3.93. The van der Waals surface area contributed by atoms with Gasteiger partial charge in [0.1, 0.15) is 5.82 Å². The summed E-state index contributed by atoms with van der Waals surface area (Å²) in [5.41, 5.74) is 2.56. The number of guanidine groups is 1. The van der Waals surface area contributed by atoms with Crippen LogP contribution in [0.3, 0.4) is 0 Å². The summed E-state index contributed by atoms with van der Waals surface area (Å²) < 4.78 is 1.14. The van der Waals surface area contributed by atoms with Crippen LogP contribution in [-0.4, -0.2) is 43.7 Å². The Hall–Kier alpha value is -2.08. The Kier molecular flexibility index (Phi) is 7.71. The molecular formula is C22H30BrN5. The molecule has 2 N–H and O–H groups in total. The zero-order valence-electron chi connectivity index (χ0n) is 16.8. The van der Waals surface area contributed by atoms with E-state index in [9.17, 15) is 0 Å². The summed E-state index contributed by atoms with van der Waals surface area (Å²) in [4.78, 5) is 11.3. The van der Waals surface area contributed by atoms with Gasteiger partial charge in [0.05, 0.1) is 0 Å². The molecule has 0 bridgehead atoms. The van der Waals surface area contributed by atoms with Gasteiger partial charge in [0.15, 0.2) is 5.96 Å². The first-order valence-electron chi connectivity index (χ1n) is 10.0. The molecular weight excluding hydrogens is 414 g/mol. The van der Waals surface area contributed by atoms with E-state index >= 15 is 0 Å². The molecule has 1 aliphatic rings. The summed E-state index contributed by atoms with van der Waals surface area (Å²) in [5, 5.41) is 7.03. The van der Waals surface area contributed by atoms with E-state index in [4.69, 9.17) is 0 Å². The molecule has 0 saturated carbocycles. The SMILES string of the molecule is CN=C(NCCCc1cccc(Br)c1)NC1CCN(c2ccc(C)cn2)CC1. The zero-order valence-corrected chi connectivity index (χ0v) is 18.4. The van der Waals surface area contributed by atoms with Crippen LogP contribution in [0.2, 0.25) is 0 Å². The highest BCUT2D eigenvalue weighted by Gasteiger charge is 2.20. The third kappa shape index (κ3) is 6.23. The van der Waals surface area contributed by atoms with Gasteiger partial charge in [0.2, 0.25) is 0 Å². The molecule has 2 heterocycles. The van der Waals surface area contributed by atoms with Crippen molar-refractivity contribution in [2.24, 2.45) is 4.99 Å². The topological polar surface area (TPSA) is 52.6 Å². The number of nitrogens with zero attached hydrogens (tertiary/aromatic N) is 3. The fourth-order valence-electron chi connectivity index (χ4n) is 3.48. The Morgan fingerprint density at radius 2 is 2.07 bits per heavy atom. The van der Waals surface area contributed by atoms with Crippen molar-refractivity contribution in [3.05, 3.63) is 58.2 Å². The zero-order chi connectivity index (χ0) is 19.8. The Morgan fingerprint density at radius 1 is 1.25 bits per heavy atom. The van der Waals surface area contributed by atoms with Gasteiger partial charge in [-0.1, -0.05) is 34.1 Å². The summed E-state index contributed by atoms with van der Waals surface area (Å²) in [6.45, 7) is 5.03. The van der Waals surface area contributed by atoms with Crippen molar-refractivity contribution >= 4 is 27.7 Å². The second-order valence-corrected chi connectivity index (χ2v) is 8.25. The van der Waals surface area contributed by atoms with Crippen molar-refractivity contribution in [2.75, 3.05) is 31.6 Å². The highest BCUT2D eigenvalue weighted by molar-refractivity contribution is 9.10. The van der Waals surface area contributed by atoms with Crippen molar-refractivity contribution in [3.8, 4) is 0 Å². The number of benzene rings is 1. The average molecular weight is 444 g/mol. The summed E-state index contributed by atoms with van der Waals surface area (Å²) in [6, 6.07) is 13.2. The molecule has 1 aliphatic heterocycles. The molecule has 150 valence electrons. The van der Waals surface area contributed by atoms with Gasteiger partial charge in [-0.25, -0.2) is 4.98 Å². The highest BCUT2D eigenvalue weighted by atomic mass is 79.9. The van der Waals surface area contributed by atoms with Gasteiger partial charge in [-0.15, -0.1) is 0 Å². The first-order valence-corrected chi connectivity index (χ1v) is 10.8. The average Bonchev–Trinajstić information content (AvgIpc) is 2.71. The number of nitrogens with one attached hydrogen (secondary N) is 2. The largest absolute Gasteiger partial charge is 0.356 e. The number of pyridine rings is 1. The van der Waals surface area contributed by atoms with E-state index < -0.39 is 0 Å².